The summed E-state index contributed by atoms with van der Waals surface area (Å²) in [7, 11) is 0. The Kier molecular flexibility index (Phi) is 2.17. The summed E-state index contributed by atoms with van der Waals surface area (Å²) in [5, 5.41) is 0.972. The van der Waals surface area contributed by atoms with Gasteiger partial charge in [-0.25, -0.2) is 0 Å². The van der Waals surface area contributed by atoms with Crippen molar-refractivity contribution in [1.29, 1.82) is 0 Å². The number of hydrogen-bond acceptors (Lipinski definition) is 3. The SMILES string of the molecule is Nc1c(OC2CCC2)ccc2ncccc12. The first kappa shape index (κ1) is 9.46. The van der Waals surface area contributed by atoms with Gasteiger partial charge in [0.1, 0.15) is 5.75 Å². The lowest BCUT2D eigenvalue weighted by Crippen LogP contribution is -2.24. The molecule has 0 aliphatic heterocycles. The Morgan fingerprint density at radius 3 is 2.88 bits per heavy atom. The fraction of sp³-hybridized carbons (Fsp3) is 0.308. The number of nitrogen functional groups attached to an aromatic ring is 1. The van der Waals surface area contributed by atoms with E-state index in [0.29, 0.717) is 11.8 Å². The van der Waals surface area contributed by atoms with E-state index in [9.17, 15) is 0 Å². The van der Waals surface area contributed by atoms with Crippen molar-refractivity contribution in [3.63, 3.8) is 0 Å². The lowest BCUT2D eigenvalue weighted by molar-refractivity contribution is 0.121. The number of fused-ring (bicyclic) bond motifs is 1. The minimum absolute atomic E-state index is 0.358. The molecular formula is C13H14N2O. The van der Waals surface area contributed by atoms with Crippen LogP contribution in [0.1, 0.15) is 19.3 Å². The smallest absolute Gasteiger partial charge is 0.143 e. The number of hydrogen-bond donors (Lipinski definition) is 1. The second-order valence-corrected chi connectivity index (χ2v) is 4.22. The van der Waals surface area contributed by atoms with Crippen LogP contribution in [0.15, 0.2) is 30.5 Å². The Hall–Kier alpha value is -1.77. The molecule has 0 unspecified atom stereocenters. The van der Waals surface area contributed by atoms with Gasteiger partial charge in [-0.1, -0.05) is 0 Å². The van der Waals surface area contributed by atoms with Crippen molar-refractivity contribution >= 4 is 16.6 Å². The molecule has 0 bridgehead atoms. The Bertz CT molecular complexity index is 520. The summed E-state index contributed by atoms with van der Waals surface area (Å²) in [4.78, 5) is 4.26. The van der Waals surface area contributed by atoms with Gasteiger partial charge in [0.2, 0.25) is 0 Å². The van der Waals surface area contributed by atoms with Gasteiger partial charge in [-0.05, 0) is 43.5 Å². The molecule has 3 heteroatoms. The van der Waals surface area contributed by atoms with Crippen molar-refractivity contribution in [2.24, 2.45) is 0 Å². The van der Waals surface area contributed by atoms with Crippen LogP contribution in [0, 0.1) is 0 Å². The van der Waals surface area contributed by atoms with Gasteiger partial charge in [0, 0.05) is 11.6 Å². The van der Waals surface area contributed by atoms with E-state index in [1.165, 1.54) is 6.42 Å². The van der Waals surface area contributed by atoms with Gasteiger partial charge in [-0.2, -0.15) is 0 Å². The van der Waals surface area contributed by atoms with E-state index in [0.717, 1.165) is 29.5 Å². The fourth-order valence-corrected chi connectivity index (χ4v) is 1.93. The number of anilines is 1. The summed E-state index contributed by atoms with van der Waals surface area (Å²) in [5.74, 6) is 0.796. The topological polar surface area (TPSA) is 48.1 Å². The third-order valence-corrected chi connectivity index (χ3v) is 3.13. The molecule has 0 saturated heterocycles. The highest BCUT2D eigenvalue weighted by molar-refractivity contribution is 5.93. The van der Waals surface area contributed by atoms with Crippen molar-refractivity contribution in [2.75, 3.05) is 5.73 Å². The number of nitrogens with zero attached hydrogens (tertiary/aromatic N) is 1. The average Bonchev–Trinajstić information content (AvgIpc) is 2.26. The Balaban J connectivity index is 2.01. The maximum absolute atomic E-state index is 6.08. The van der Waals surface area contributed by atoms with Crippen LogP contribution < -0.4 is 10.5 Å². The number of rotatable bonds is 2. The normalized spacial score (nSPS) is 16.0. The molecule has 1 saturated carbocycles. The zero-order valence-corrected chi connectivity index (χ0v) is 9.02. The van der Waals surface area contributed by atoms with Gasteiger partial charge >= 0.3 is 0 Å². The molecule has 0 amide bonds. The van der Waals surface area contributed by atoms with Crippen LogP contribution in [0.2, 0.25) is 0 Å². The molecule has 1 aliphatic rings. The molecule has 1 aromatic carbocycles. The summed E-state index contributed by atoms with van der Waals surface area (Å²) in [6.07, 6.45) is 5.68. The number of ether oxygens (including phenoxy) is 1. The summed E-state index contributed by atoms with van der Waals surface area (Å²) in [5.41, 5.74) is 7.70. The minimum atomic E-state index is 0.358. The highest BCUT2D eigenvalue weighted by Crippen LogP contribution is 2.33. The van der Waals surface area contributed by atoms with Crippen LogP contribution in [0.3, 0.4) is 0 Å². The lowest BCUT2D eigenvalue weighted by Gasteiger charge is -2.27. The second-order valence-electron chi connectivity index (χ2n) is 4.22. The predicted octanol–water partition coefficient (Wildman–Crippen LogP) is 2.75. The number of nitrogens with two attached hydrogens (primary N) is 1. The molecule has 2 aromatic rings. The first-order valence-corrected chi connectivity index (χ1v) is 5.64. The molecule has 16 heavy (non-hydrogen) atoms. The zero-order chi connectivity index (χ0) is 11.0. The minimum Gasteiger partial charge on any atom is -0.488 e. The number of pyridine rings is 1. The fourth-order valence-electron chi connectivity index (χ4n) is 1.93. The molecule has 3 rings (SSSR count). The van der Waals surface area contributed by atoms with E-state index in [2.05, 4.69) is 4.98 Å². The van der Waals surface area contributed by atoms with Gasteiger partial charge in [-0.3, -0.25) is 4.98 Å². The number of benzene rings is 1. The van der Waals surface area contributed by atoms with E-state index < -0.39 is 0 Å². The van der Waals surface area contributed by atoms with Crippen LogP contribution in [-0.4, -0.2) is 11.1 Å². The van der Waals surface area contributed by atoms with Gasteiger partial charge in [0.25, 0.3) is 0 Å². The van der Waals surface area contributed by atoms with Crippen molar-refractivity contribution in [2.45, 2.75) is 25.4 Å². The molecule has 3 nitrogen and oxygen atoms in total. The highest BCUT2D eigenvalue weighted by Gasteiger charge is 2.20. The van der Waals surface area contributed by atoms with Crippen LogP contribution in [0.25, 0.3) is 10.9 Å². The predicted molar refractivity (Wildman–Crippen MR) is 64.4 cm³/mol. The van der Waals surface area contributed by atoms with Crippen LogP contribution >= 0.6 is 0 Å². The third kappa shape index (κ3) is 1.48. The third-order valence-electron chi connectivity index (χ3n) is 3.13. The van der Waals surface area contributed by atoms with Crippen molar-refractivity contribution < 1.29 is 4.74 Å². The number of aromatic nitrogens is 1. The first-order chi connectivity index (χ1) is 7.84. The average molecular weight is 214 g/mol. The summed E-state index contributed by atoms with van der Waals surface area (Å²) >= 11 is 0. The molecule has 1 heterocycles. The van der Waals surface area contributed by atoms with Gasteiger partial charge in [0.05, 0.1) is 17.3 Å². The quantitative estimate of drug-likeness (QED) is 0.782. The molecule has 1 aliphatic carbocycles. The maximum Gasteiger partial charge on any atom is 0.143 e. The van der Waals surface area contributed by atoms with E-state index >= 15 is 0 Å². The van der Waals surface area contributed by atoms with E-state index in [-0.39, 0.29) is 0 Å². The van der Waals surface area contributed by atoms with Crippen molar-refractivity contribution in [1.82, 2.24) is 4.98 Å². The summed E-state index contributed by atoms with van der Waals surface area (Å²) < 4.78 is 5.84. The first-order valence-electron chi connectivity index (χ1n) is 5.64. The summed E-state index contributed by atoms with van der Waals surface area (Å²) in [6, 6.07) is 7.75. The van der Waals surface area contributed by atoms with E-state index in [1.807, 2.05) is 24.3 Å². The van der Waals surface area contributed by atoms with Gasteiger partial charge in [-0.15, -0.1) is 0 Å². The molecule has 2 N–H and O–H groups in total. The maximum atomic E-state index is 6.08. The monoisotopic (exact) mass is 214 g/mol. The molecule has 0 spiro atoms. The Morgan fingerprint density at radius 2 is 2.12 bits per heavy atom. The molecule has 1 aromatic heterocycles. The molecule has 0 atom stereocenters. The van der Waals surface area contributed by atoms with Crippen molar-refractivity contribution in [3.8, 4) is 5.75 Å². The summed E-state index contributed by atoms with van der Waals surface area (Å²) in [6.45, 7) is 0. The largest absolute Gasteiger partial charge is 0.488 e. The molecule has 1 fully saturated rings. The van der Waals surface area contributed by atoms with Crippen molar-refractivity contribution in [3.05, 3.63) is 30.5 Å². The second kappa shape index (κ2) is 3.67. The molecule has 82 valence electrons. The zero-order valence-electron chi connectivity index (χ0n) is 9.02. The van der Waals surface area contributed by atoms with Crippen LogP contribution in [-0.2, 0) is 0 Å². The Labute approximate surface area is 94.2 Å². The molecule has 0 radical (unpaired) electrons. The lowest BCUT2D eigenvalue weighted by atomic mass is 9.96. The van der Waals surface area contributed by atoms with E-state index in [4.69, 9.17) is 10.5 Å². The van der Waals surface area contributed by atoms with Crippen LogP contribution in [0.4, 0.5) is 5.69 Å². The Morgan fingerprint density at radius 1 is 1.25 bits per heavy atom. The highest BCUT2D eigenvalue weighted by atomic mass is 16.5. The molecular weight excluding hydrogens is 200 g/mol. The van der Waals surface area contributed by atoms with Gasteiger partial charge in [0.15, 0.2) is 0 Å². The van der Waals surface area contributed by atoms with Gasteiger partial charge < -0.3 is 10.5 Å². The van der Waals surface area contributed by atoms with Crippen LogP contribution in [0.5, 0.6) is 5.75 Å². The standard InChI is InChI=1S/C13H14N2O/c14-13-10-5-2-8-15-11(10)6-7-12(13)16-9-3-1-4-9/h2,5-9H,1,3-4,14H2. The van der Waals surface area contributed by atoms with E-state index in [1.54, 1.807) is 6.20 Å².